The Balaban J connectivity index is 0.00000180. The van der Waals surface area contributed by atoms with Crippen molar-refractivity contribution in [3.63, 3.8) is 0 Å². The number of amides is 1. The van der Waals surface area contributed by atoms with Gasteiger partial charge in [-0.1, -0.05) is 31.5 Å². The predicted molar refractivity (Wildman–Crippen MR) is 80.7 cm³/mol. The van der Waals surface area contributed by atoms with Crippen LogP contribution in [0.15, 0.2) is 24.3 Å². The van der Waals surface area contributed by atoms with Crippen LogP contribution in [0, 0.1) is 12.3 Å². The summed E-state index contributed by atoms with van der Waals surface area (Å²) in [6.07, 6.45) is 0.880. The van der Waals surface area contributed by atoms with Crippen molar-refractivity contribution >= 4 is 18.3 Å². The second kappa shape index (κ2) is 5.93. The lowest BCUT2D eigenvalue weighted by Crippen LogP contribution is -2.54. The number of nitrogens with zero attached hydrogens (tertiary/aromatic N) is 1. The summed E-state index contributed by atoms with van der Waals surface area (Å²) in [5, 5.41) is 0. The van der Waals surface area contributed by atoms with E-state index in [-0.39, 0.29) is 29.8 Å². The number of benzene rings is 1. The third-order valence-electron chi connectivity index (χ3n) is 3.86. The average Bonchev–Trinajstić information content (AvgIpc) is 2.31. The maximum Gasteiger partial charge on any atom is 0.253 e. The fraction of sp³-hybridized carbons (Fsp3) is 0.533. The molecule has 0 saturated carbocycles. The highest BCUT2D eigenvalue weighted by molar-refractivity contribution is 5.94. The highest BCUT2D eigenvalue weighted by atomic mass is 35.5. The Hall–Kier alpha value is -1.06. The van der Waals surface area contributed by atoms with E-state index in [2.05, 4.69) is 13.8 Å². The maximum absolute atomic E-state index is 12.4. The number of halogens is 1. The van der Waals surface area contributed by atoms with E-state index in [1.54, 1.807) is 0 Å². The van der Waals surface area contributed by atoms with Crippen LogP contribution in [0.25, 0.3) is 0 Å². The van der Waals surface area contributed by atoms with Crippen molar-refractivity contribution in [3.8, 4) is 0 Å². The van der Waals surface area contributed by atoms with Crippen LogP contribution in [-0.4, -0.2) is 29.9 Å². The molecule has 19 heavy (non-hydrogen) atoms. The van der Waals surface area contributed by atoms with Gasteiger partial charge in [-0.25, -0.2) is 0 Å². The van der Waals surface area contributed by atoms with Crippen molar-refractivity contribution in [3.05, 3.63) is 35.4 Å². The number of hydrogen-bond donors (Lipinski definition) is 1. The van der Waals surface area contributed by atoms with Crippen molar-refractivity contribution in [1.29, 1.82) is 0 Å². The average molecular weight is 283 g/mol. The van der Waals surface area contributed by atoms with Gasteiger partial charge in [-0.15, -0.1) is 12.4 Å². The Morgan fingerprint density at radius 2 is 2.11 bits per heavy atom. The minimum absolute atomic E-state index is 0. The molecule has 1 unspecified atom stereocenters. The summed E-state index contributed by atoms with van der Waals surface area (Å²) in [5.74, 6) is 0.124. The molecular formula is C15H23ClN2O. The Labute approximate surface area is 121 Å². The Kier molecular flexibility index (Phi) is 4.99. The predicted octanol–water partition coefficient (Wildman–Crippen LogP) is 2.62. The zero-order valence-electron chi connectivity index (χ0n) is 11.8. The van der Waals surface area contributed by atoms with E-state index in [0.29, 0.717) is 0 Å². The monoisotopic (exact) mass is 282 g/mol. The molecule has 1 aliphatic heterocycles. The number of carbonyl (C=O) groups excluding carboxylic acids is 1. The molecule has 106 valence electrons. The van der Waals surface area contributed by atoms with E-state index in [0.717, 1.165) is 30.6 Å². The van der Waals surface area contributed by atoms with Gasteiger partial charge in [0.05, 0.1) is 0 Å². The van der Waals surface area contributed by atoms with Gasteiger partial charge >= 0.3 is 0 Å². The lowest BCUT2D eigenvalue weighted by molar-refractivity contribution is 0.0533. The molecule has 1 amide bonds. The van der Waals surface area contributed by atoms with Crippen molar-refractivity contribution in [2.45, 2.75) is 33.2 Å². The summed E-state index contributed by atoms with van der Waals surface area (Å²) in [5.41, 5.74) is 8.00. The minimum atomic E-state index is -0.00225. The van der Waals surface area contributed by atoms with Crippen LogP contribution < -0.4 is 5.73 Å². The first-order chi connectivity index (χ1) is 8.40. The number of carbonyl (C=O) groups is 1. The van der Waals surface area contributed by atoms with Crippen LogP contribution in [0.1, 0.15) is 36.2 Å². The summed E-state index contributed by atoms with van der Waals surface area (Å²) in [7, 11) is 0. The quantitative estimate of drug-likeness (QED) is 0.861. The van der Waals surface area contributed by atoms with E-state index in [1.807, 2.05) is 36.1 Å². The Morgan fingerprint density at radius 1 is 1.42 bits per heavy atom. The van der Waals surface area contributed by atoms with Gasteiger partial charge in [0.1, 0.15) is 0 Å². The van der Waals surface area contributed by atoms with Crippen LogP contribution in [0.2, 0.25) is 0 Å². The van der Waals surface area contributed by atoms with Gasteiger partial charge in [0.15, 0.2) is 0 Å². The third-order valence-corrected chi connectivity index (χ3v) is 3.86. The fourth-order valence-corrected chi connectivity index (χ4v) is 2.51. The lowest BCUT2D eigenvalue weighted by Gasteiger charge is -2.42. The fourth-order valence-electron chi connectivity index (χ4n) is 2.51. The zero-order valence-corrected chi connectivity index (χ0v) is 12.7. The summed E-state index contributed by atoms with van der Waals surface area (Å²) in [6.45, 7) is 7.77. The second-order valence-electron chi connectivity index (χ2n) is 5.98. The summed E-state index contributed by atoms with van der Waals surface area (Å²) in [4.78, 5) is 14.4. The molecule has 1 aromatic carbocycles. The van der Waals surface area contributed by atoms with Gasteiger partial charge in [-0.2, -0.15) is 0 Å². The van der Waals surface area contributed by atoms with E-state index >= 15 is 0 Å². The molecule has 2 N–H and O–H groups in total. The summed E-state index contributed by atoms with van der Waals surface area (Å²) in [6, 6.07) is 7.95. The van der Waals surface area contributed by atoms with Crippen molar-refractivity contribution in [2.75, 3.05) is 13.1 Å². The van der Waals surface area contributed by atoms with E-state index in [1.165, 1.54) is 0 Å². The summed E-state index contributed by atoms with van der Waals surface area (Å²) >= 11 is 0. The molecule has 0 bridgehead atoms. The van der Waals surface area contributed by atoms with E-state index < -0.39 is 0 Å². The third kappa shape index (κ3) is 3.48. The highest BCUT2D eigenvalue weighted by Crippen LogP contribution is 2.28. The molecule has 3 nitrogen and oxygen atoms in total. The van der Waals surface area contributed by atoms with Crippen LogP contribution in [-0.2, 0) is 0 Å². The Bertz CT molecular complexity index is 459. The number of aryl methyl sites for hydroxylation is 1. The molecule has 1 saturated heterocycles. The molecule has 1 fully saturated rings. The van der Waals surface area contributed by atoms with Gasteiger partial charge in [0.25, 0.3) is 5.91 Å². The SMILES string of the molecule is Cc1cccc(C(=O)N2CCC(N)C(C)(C)C2)c1.Cl. The van der Waals surface area contributed by atoms with Crippen LogP contribution in [0.3, 0.4) is 0 Å². The second-order valence-corrected chi connectivity index (χ2v) is 5.98. The van der Waals surface area contributed by atoms with Gasteiger partial charge in [-0.05, 0) is 30.9 Å². The summed E-state index contributed by atoms with van der Waals surface area (Å²) < 4.78 is 0. The molecular weight excluding hydrogens is 260 g/mol. The smallest absolute Gasteiger partial charge is 0.253 e. The first-order valence-electron chi connectivity index (χ1n) is 6.52. The van der Waals surface area contributed by atoms with Gasteiger partial charge in [-0.3, -0.25) is 4.79 Å². The molecule has 2 rings (SSSR count). The van der Waals surface area contributed by atoms with E-state index in [9.17, 15) is 4.79 Å². The molecule has 0 radical (unpaired) electrons. The number of rotatable bonds is 1. The highest BCUT2D eigenvalue weighted by Gasteiger charge is 2.35. The molecule has 1 atom stereocenters. The zero-order chi connectivity index (χ0) is 13.3. The number of piperidine rings is 1. The molecule has 1 heterocycles. The van der Waals surface area contributed by atoms with Crippen molar-refractivity contribution < 1.29 is 4.79 Å². The standard InChI is InChI=1S/C15H22N2O.ClH/c1-11-5-4-6-12(9-11)14(18)17-8-7-13(16)15(2,3)10-17;/h4-6,9,13H,7-8,10,16H2,1-3H3;1H. The topological polar surface area (TPSA) is 46.3 Å². The van der Waals surface area contributed by atoms with Crippen molar-refractivity contribution in [2.24, 2.45) is 11.1 Å². The lowest BCUT2D eigenvalue weighted by atomic mass is 9.79. The first-order valence-corrected chi connectivity index (χ1v) is 6.52. The normalized spacial score (nSPS) is 21.7. The number of hydrogen-bond acceptors (Lipinski definition) is 2. The van der Waals surface area contributed by atoms with Crippen LogP contribution in [0.5, 0.6) is 0 Å². The number of nitrogens with two attached hydrogens (primary N) is 1. The van der Waals surface area contributed by atoms with E-state index in [4.69, 9.17) is 5.73 Å². The maximum atomic E-state index is 12.4. The molecule has 4 heteroatoms. The molecule has 0 spiro atoms. The minimum Gasteiger partial charge on any atom is -0.338 e. The van der Waals surface area contributed by atoms with Crippen molar-refractivity contribution in [1.82, 2.24) is 4.90 Å². The van der Waals surface area contributed by atoms with Crippen LogP contribution in [0.4, 0.5) is 0 Å². The molecule has 0 aromatic heterocycles. The number of likely N-dealkylation sites (tertiary alicyclic amines) is 1. The molecule has 0 aliphatic carbocycles. The first kappa shape index (κ1) is 16.0. The molecule has 1 aromatic rings. The largest absolute Gasteiger partial charge is 0.338 e. The van der Waals surface area contributed by atoms with Crippen LogP contribution >= 0.6 is 12.4 Å². The van der Waals surface area contributed by atoms with Gasteiger partial charge < -0.3 is 10.6 Å². The Morgan fingerprint density at radius 3 is 2.68 bits per heavy atom. The molecule has 1 aliphatic rings. The van der Waals surface area contributed by atoms with Gasteiger partial charge in [0, 0.05) is 24.7 Å². The van der Waals surface area contributed by atoms with Gasteiger partial charge in [0.2, 0.25) is 0 Å².